The Labute approximate surface area is 46.1 Å². The molecule has 1 aliphatic rings. The van der Waals surface area contributed by atoms with E-state index in [-0.39, 0.29) is 0 Å². The summed E-state index contributed by atoms with van der Waals surface area (Å²) in [6.07, 6.45) is 6.07. The highest BCUT2D eigenvalue weighted by Crippen LogP contribution is 1.97. The van der Waals surface area contributed by atoms with Crippen LogP contribution in [0.25, 0.3) is 0 Å². The zero-order valence-electron chi connectivity index (χ0n) is 4.23. The molecule has 1 rings (SSSR count). The van der Waals surface area contributed by atoms with Crippen LogP contribution in [0.15, 0.2) is 29.2 Å². The molecular weight excluding hydrogens is 100 g/mol. The molecule has 1 heteroatoms. The van der Waals surface area contributed by atoms with E-state index in [4.69, 9.17) is 0 Å². The van der Waals surface area contributed by atoms with Crippen molar-refractivity contribution in [3.63, 3.8) is 0 Å². The average Bonchev–Trinajstić information content (AvgIpc) is 2.14. The highest BCUT2D eigenvalue weighted by Gasteiger charge is 1.86. The van der Waals surface area contributed by atoms with E-state index < -0.39 is 0 Å². The van der Waals surface area contributed by atoms with Gasteiger partial charge in [-0.15, -0.1) is 5.73 Å². The molecule has 1 aliphatic carbocycles. The standard InChI is InChI=1S/C6H6Si/c1-7-6-4-2-3-5-6/h2-4H,1H3. The van der Waals surface area contributed by atoms with Gasteiger partial charge in [-0.3, -0.25) is 0 Å². The van der Waals surface area contributed by atoms with Crippen LogP contribution in [0.1, 0.15) is 0 Å². The molecule has 0 heterocycles. The van der Waals surface area contributed by atoms with Crippen molar-refractivity contribution < 1.29 is 0 Å². The Balaban J connectivity index is 2.72. The summed E-state index contributed by atoms with van der Waals surface area (Å²) in [6, 6.07) is 0. The summed E-state index contributed by atoms with van der Waals surface area (Å²) < 4.78 is 0. The van der Waals surface area contributed by atoms with Gasteiger partial charge in [-0.2, -0.15) is 0 Å². The molecule has 0 bridgehead atoms. The van der Waals surface area contributed by atoms with E-state index in [1.807, 2.05) is 12.2 Å². The van der Waals surface area contributed by atoms with Crippen molar-refractivity contribution >= 4 is 9.52 Å². The summed E-state index contributed by atoms with van der Waals surface area (Å²) in [7, 11) is 0.899. The first kappa shape index (κ1) is 4.63. The van der Waals surface area contributed by atoms with Gasteiger partial charge in [-0.25, -0.2) is 0 Å². The topological polar surface area (TPSA) is 0 Å². The highest BCUT2D eigenvalue weighted by atomic mass is 28.2. The zero-order valence-corrected chi connectivity index (χ0v) is 5.23. The van der Waals surface area contributed by atoms with E-state index in [1.165, 1.54) is 5.20 Å². The Morgan fingerprint density at radius 2 is 2.57 bits per heavy atom. The zero-order chi connectivity index (χ0) is 5.11. The molecule has 0 aliphatic heterocycles. The lowest BCUT2D eigenvalue weighted by atomic mass is 10.6. The van der Waals surface area contributed by atoms with Crippen LogP contribution in [0.2, 0.25) is 6.55 Å². The summed E-state index contributed by atoms with van der Waals surface area (Å²) in [4.78, 5) is 0. The third kappa shape index (κ3) is 0.921. The largest absolute Gasteiger partial charge is 0.122 e. The molecule has 34 valence electrons. The Morgan fingerprint density at radius 1 is 1.71 bits per heavy atom. The maximum absolute atomic E-state index is 3.10. The van der Waals surface area contributed by atoms with E-state index in [0.29, 0.717) is 0 Å². The van der Waals surface area contributed by atoms with Crippen molar-refractivity contribution in [1.29, 1.82) is 0 Å². The van der Waals surface area contributed by atoms with E-state index >= 15 is 0 Å². The number of hydrogen-bond donors (Lipinski definition) is 0. The SMILES string of the molecule is C[Si]C1=C=CC=C1. The number of rotatable bonds is 1. The Morgan fingerprint density at radius 3 is 2.86 bits per heavy atom. The van der Waals surface area contributed by atoms with Crippen molar-refractivity contribution in [2.24, 2.45) is 0 Å². The normalized spacial score (nSPS) is 15.3. The van der Waals surface area contributed by atoms with Crippen LogP contribution in [-0.4, -0.2) is 9.52 Å². The van der Waals surface area contributed by atoms with Crippen LogP contribution in [0.3, 0.4) is 0 Å². The first-order chi connectivity index (χ1) is 3.43. The molecule has 0 aromatic rings. The summed E-state index contributed by atoms with van der Waals surface area (Å²) in [5.74, 6) is 0. The summed E-state index contributed by atoms with van der Waals surface area (Å²) >= 11 is 0. The maximum atomic E-state index is 3.10. The van der Waals surface area contributed by atoms with E-state index in [2.05, 4.69) is 18.4 Å². The fraction of sp³-hybridized carbons (Fsp3) is 0.167. The van der Waals surface area contributed by atoms with Crippen molar-refractivity contribution in [2.75, 3.05) is 0 Å². The first-order valence-electron chi connectivity index (χ1n) is 2.24. The lowest BCUT2D eigenvalue weighted by Crippen LogP contribution is -1.79. The summed E-state index contributed by atoms with van der Waals surface area (Å²) in [6.45, 7) is 2.16. The van der Waals surface area contributed by atoms with Gasteiger partial charge in [0.25, 0.3) is 0 Å². The van der Waals surface area contributed by atoms with E-state index in [9.17, 15) is 0 Å². The van der Waals surface area contributed by atoms with Crippen LogP contribution < -0.4 is 0 Å². The molecule has 0 aromatic heterocycles. The minimum absolute atomic E-state index is 0.899. The van der Waals surface area contributed by atoms with E-state index in [1.54, 1.807) is 0 Å². The van der Waals surface area contributed by atoms with Gasteiger partial charge in [-0.1, -0.05) is 18.7 Å². The summed E-state index contributed by atoms with van der Waals surface area (Å²) in [5.41, 5.74) is 3.10. The van der Waals surface area contributed by atoms with E-state index in [0.717, 1.165) is 9.52 Å². The Bertz CT molecular complexity index is 148. The van der Waals surface area contributed by atoms with Crippen LogP contribution in [0.4, 0.5) is 0 Å². The van der Waals surface area contributed by atoms with Crippen molar-refractivity contribution in [3.05, 3.63) is 29.2 Å². The number of hydrogen-bond acceptors (Lipinski definition) is 0. The monoisotopic (exact) mass is 106 g/mol. The molecule has 0 N–H and O–H groups in total. The van der Waals surface area contributed by atoms with Gasteiger partial charge in [0.15, 0.2) is 0 Å². The van der Waals surface area contributed by atoms with Crippen LogP contribution in [0.5, 0.6) is 0 Å². The maximum Gasteiger partial charge on any atom is 0.0885 e. The molecule has 2 radical (unpaired) electrons. The molecule has 0 spiro atoms. The fourth-order valence-corrected chi connectivity index (χ4v) is 0.976. The molecular formula is C6H6Si. The first-order valence-corrected chi connectivity index (χ1v) is 3.74. The second-order valence-corrected chi connectivity index (χ2v) is 2.37. The van der Waals surface area contributed by atoms with Gasteiger partial charge in [-0.05, 0) is 11.3 Å². The van der Waals surface area contributed by atoms with Gasteiger partial charge >= 0.3 is 0 Å². The third-order valence-corrected chi connectivity index (χ3v) is 1.72. The quantitative estimate of drug-likeness (QED) is 0.349. The molecule has 0 saturated carbocycles. The lowest BCUT2D eigenvalue weighted by molar-refractivity contribution is 1.96. The predicted molar refractivity (Wildman–Crippen MR) is 32.4 cm³/mol. The molecule has 7 heavy (non-hydrogen) atoms. The molecule has 0 amide bonds. The van der Waals surface area contributed by atoms with Crippen LogP contribution >= 0.6 is 0 Å². The fourth-order valence-electron chi connectivity index (χ4n) is 0.486. The van der Waals surface area contributed by atoms with Crippen LogP contribution in [0, 0.1) is 0 Å². The van der Waals surface area contributed by atoms with Gasteiger partial charge in [0.05, 0.1) is 9.52 Å². The Hall–Kier alpha value is -0.523. The molecule has 0 fully saturated rings. The molecule has 0 aromatic carbocycles. The van der Waals surface area contributed by atoms with Crippen LogP contribution in [-0.2, 0) is 0 Å². The second-order valence-electron chi connectivity index (χ2n) is 1.33. The average molecular weight is 106 g/mol. The molecule has 0 saturated heterocycles. The van der Waals surface area contributed by atoms with Gasteiger partial charge in [0.2, 0.25) is 0 Å². The molecule has 0 nitrogen and oxygen atoms in total. The minimum Gasteiger partial charge on any atom is -0.122 e. The molecule has 0 unspecified atom stereocenters. The van der Waals surface area contributed by atoms with Gasteiger partial charge in [0, 0.05) is 0 Å². The third-order valence-electron chi connectivity index (χ3n) is 0.867. The van der Waals surface area contributed by atoms with Crippen molar-refractivity contribution in [1.82, 2.24) is 0 Å². The molecule has 0 atom stereocenters. The highest BCUT2D eigenvalue weighted by molar-refractivity contribution is 6.44. The lowest BCUT2D eigenvalue weighted by Gasteiger charge is -1.79. The Kier molecular flexibility index (Phi) is 1.30. The number of allylic oxidation sites excluding steroid dienone is 3. The van der Waals surface area contributed by atoms with Crippen molar-refractivity contribution in [3.8, 4) is 0 Å². The van der Waals surface area contributed by atoms with Gasteiger partial charge < -0.3 is 0 Å². The smallest absolute Gasteiger partial charge is 0.0885 e. The van der Waals surface area contributed by atoms with Crippen molar-refractivity contribution in [2.45, 2.75) is 6.55 Å². The minimum atomic E-state index is 0.899. The van der Waals surface area contributed by atoms with Gasteiger partial charge in [0.1, 0.15) is 0 Å². The predicted octanol–water partition coefficient (Wildman–Crippen LogP) is 1.35. The summed E-state index contributed by atoms with van der Waals surface area (Å²) in [5, 5.41) is 1.33. The second kappa shape index (κ2) is 1.96.